The lowest BCUT2D eigenvalue weighted by atomic mass is 9.84. The van der Waals surface area contributed by atoms with E-state index in [1.54, 1.807) is 24.3 Å². The minimum Gasteiger partial charge on any atom is -0.480 e. The number of fused-ring (bicyclic) bond motifs is 3. The highest BCUT2D eigenvalue weighted by atomic mass is 127. The Morgan fingerprint density at radius 3 is 2.47 bits per heavy atom. The largest absolute Gasteiger partial charge is 0.480 e. The van der Waals surface area contributed by atoms with E-state index in [9.17, 15) is 24.7 Å². The van der Waals surface area contributed by atoms with Gasteiger partial charge in [-0.25, -0.2) is 9.55 Å². The number of benzene rings is 3. The number of nitrogens with one attached hydrogen (secondary N) is 1. The summed E-state index contributed by atoms with van der Waals surface area (Å²) in [5.41, 5.74) is 4.63. The molecule has 7 rings (SSSR count). The zero-order valence-corrected chi connectivity index (χ0v) is 30.8. The second-order valence-electron chi connectivity index (χ2n) is 13.1. The number of nitrogen functional groups attached to an aromatic ring is 1. The molecule has 0 amide bonds. The molecule has 0 saturated carbocycles. The molecule has 3 heterocycles. The number of carbonyl (C=O) groups is 1. The van der Waals surface area contributed by atoms with Crippen LogP contribution in [0.3, 0.4) is 0 Å². The van der Waals surface area contributed by atoms with Gasteiger partial charge in [0.1, 0.15) is 29.1 Å². The summed E-state index contributed by atoms with van der Waals surface area (Å²) in [6.45, 7) is 2.26. The molecule has 0 radical (unpaired) electrons. The number of hydrogen-bond acceptors (Lipinski definition) is 12. The molecule has 1 aliphatic carbocycles. The minimum absolute atomic E-state index is 0.108. The topological polar surface area (TPSA) is 213 Å². The van der Waals surface area contributed by atoms with E-state index in [0.29, 0.717) is 22.1 Å². The maximum Gasteiger partial charge on any atom is 0.459 e. The third-order valence-corrected chi connectivity index (χ3v) is 12.1. The lowest BCUT2D eigenvalue weighted by Gasteiger charge is -2.35. The van der Waals surface area contributed by atoms with Crippen molar-refractivity contribution in [3.63, 3.8) is 0 Å². The molecule has 15 nitrogen and oxygen atoms in total. The Kier molecular flexibility index (Phi) is 9.23. The third kappa shape index (κ3) is 6.32. The van der Waals surface area contributed by atoms with Crippen LogP contribution in [-0.2, 0) is 31.5 Å². The number of aromatic nitrogens is 4. The standard InChI is InChI=1S/C34H36IN6O9P/c1-33(30(43)44,21-15-19-10-4-5-11-20(19)16-21)40-51(46,50-23-14-8-12-18-9-6-7-13-22(18)23)48-17-24-26(42)34(2,45)29(49-24)41-27-25(37-31(41)35)28(47-3)39-32(36)38-27/h4-14,21,24,26,29,42,45H,15-17H2,1-3H3,(H,40,46)(H,43,44)(H2,36,38,39)/t24-,26-,29-,33+,34-,51?/m1/s1. The average Bonchev–Trinajstić information content (AvgIpc) is 3.74. The van der Waals surface area contributed by atoms with Gasteiger partial charge in [-0.2, -0.15) is 15.1 Å². The van der Waals surface area contributed by atoms with Crippen LogP contribution in [0.1, 0.15) is 31.2 Å². The summed E-state index contributed by atoms with van der Waals surface area (Å²) in [5.74, 6) is -1.57. The molecule has 1 aliphatic heterocycles. The van der Waals surface area contributed by atoms with Crippen molar-refractivity contribution in [2.24, 2.45) is 5.92 Å². The van der Waals surface area contributed by atoms with Gasteiger partial charge in [-0.15, -0.1) is 0 Å². The predicted molar refractivity (Wildman–Crippen MR) is 194 cm³/mol. The molecule has 17 heteroatoms. The number of carboxylic acids is 1. The van der Waals surface area contributed by atoms with Gasteiger partial charge in [-0.1, -0.05) is 60.7 Å². The fourth-order valence-corrected chi connectivity index (χ4v) is 9.36. The van der Waals surface area contributed by atoms with Gasteiger partial charge in [0.2, 0.25) is 11.8 Å². The number of aliphatic hydroxyl groups is 2. The summed E-state index contributed by atoms with van der Waals surface area (Å²) in [7, 11) is -3.21. The Morgan fingerprint density at radius 1 is 1.12 bits per heavy atom. The van der Waals surface area contributed by atoms with Crippen LogP contribution in [-0.4, -0.2) is 77.9 Å². The number of halogens is 1. The number of imidazole rings is 1. The second kappa shape index (κ2) is 13.3. The van der Waals surface area contributed by atoms with E-state index >= 15 is 0 Å². The van der Waals surface area contributed by atoms with Crippen molar-refractivity contribution in [2.75, 3.05) is 19.5 Å². The summed E-state index contributed by atoms with van der Waals surface area (Å²) in [5, 5.41) is 37.9. The number of methoxy groups -OCH3 is 1. The van der Waals surface area contributed by atoms with E-state index < -0.39 is 55.8 Å². The van der Waals surface area contributed by atoms with Crippen molar-refractivity contribution in [1.82, 2.24) is 24.6 Å². The highest BCUT2D eigenvalue weighted by Crippen LogP contribution is 2.51. The molecule has 6 N–H and O–H groups in total. The van der Waals surface area contributed by atoms with Crippen LogP contribution in [0.25, 0.3) is 21.9 Å². The van der Waals surface area contributed by atoms with E-state index in [1.807, 2.05) is 65.1 Å². The Bertz CT molecular complexity index is 2170. The molecule has 6 atom stereocenters. The van der Waals surface area contributed by atoms with Gasteiger partial charge in [0.15, 0.2) is 21.2 Å². The van der Waals surface area contributed by atoms with E-state index in [4.69, 9.17) is 24.3 Å². The van der Waals surface area contributed by atoms with Crippen LogP contribution < -0.4 is 20.1 Å². The second-order valence-corrected chi connectivity index (χ2v) is 15.7. The number of rotatable bonds is 11. The highest BCUT2D eigenvalue weighted by molar-refractivity contribution is 14.1. The van der Waals surface area contributed by atoms with Crippen LogP contribution in [0.4, 0.5) is 5.95 Å². The van der Waals surface area contributed by atoms with Gasteiger partial charge in [-0.3, -0.25) is 13.9 Å². The van der Waals surface area contributed by atoms with Crippen LogP contribution in [0.15, 0.2) is 66.7 Å². The van der Waals surface area contributed by atoms with Gasteiger partial charge in [0.05, 0.1) is 13.7 Å². The Labute approximate surface area is 305 Å². The van der Waals surface area contributed by atoms with Crippen LogP contribution >= 0.6 is 30.3 Å². The molecular formula is C34H36IN6O9P. The van der Waals surface area contributed by atoms with Crippen molar-refractivity contribution in [3.05, 3.63) is 81.7 Å². The first-order chi connectivity index (χ1) is 24.2. The maximum atomic E-state index is 15.0. The van der Waals surface area contributed by atoms with Gasteiger partial charge in [-0.05, 0) is 55.2 Å². The predicted octanol–water partition coefficient (Wildman–Crippen LogP) is 4.24. The summed E-state index contributed by atoms with van der Waals surface area (Å²) in [6, 6.07) is 20.2. The van der Waals surface area contributed by atoms with E-state index in [2.05, 4.69) is 20.0 Å². The Hall–Kier alpha value is -3.90. The van der Waals surface area contributed by atoms with Gasteiger partial charge in [0.25, 0.3) is 0 Å². The van der Waals surface area contributed by atoms with Crippen LogP contribution in [0.2, 0.25) is 0 Å². The van der Waals surface area contributed by atoms with Crippen molar-refractivity contribution in [3.8, 4) is 11.6 Å². The molecule has 1 fully saturated rings. The first-order valence-electron chi connectivity index (χ1n) is 16.1. The molecule has 51 heavy (non-hydrogen) atoms. The van der Waals surface area contributed by atoms with E-state index in [1.165, 1.54) is 25.5 Å². The van der Waals surface area contributed by atoms with Crippen LogP contribution in [0, 0.1) is 9.75 Å². The zero-order valence-electron chi connectivity index (χ0n) is 27.8. The molecule has 3 aromatic carbocycles. The molecule has 2 aliphatic rings. The minimum atomic E-state index is -4.61. The summed E-state index contributed by atoms with van der Waals surface area (Å²) < 4.78 is 40.4. The number of aliphatic hydroxyl groups excluding tert-OH is 1. The molecule has 0 bridgehead atoms. The molecule has 1 saturated heterocycles. The summed E-state index contributed by atoms with van der Waals surface area (Å²) in [6.07, 6.45) is -3.29. The number of carboxylic acid groups (broad SMARTS) is 1. The number of nitrogens with two attached hydrogens (primary N) is 1. The molecule has 1 unspecified atom stereocenters. The first kappa shape index (κ1) is 35.5. The van der Waals surface area contributed by atoms with Crippen molar-refractivity contribution in [1.29, 1.82) is 0 Å². The van der Waals surface area contributed by atoms with Gasteiger partial charge < -0.3 is 35.1 Å². The van der Waals surface area contributed by atoms with Crippen molar-refractivity contribution in [2.45, 2.75) is 56.3 Å². The van der Waals surface area contributed by atoms with Gasteiger partial charge >= 0.3 is 13.7 Å². The lowest BCUT2D eigenvalue weighted by molar-refractivity contribution is -0.145. The fraction of sp³-hybridized carbons (Fsp3) is 0.353. The summed E-state index contributed by atoms with van der Waals surface area (Å²) in [4.78, 5) is 25.9. The molecule has 0 spiro atoms. The number of hydrogen-bond donors (Lipinski definition) is 5. The Morgan fingerprint density at radius 2 is 1.78 bits per heavy atom. The SMILES string of the molecule is COc1nc(N)nc2c1nc(I)n2[C@@H]1O[C@H](COP(=O)(N[C@](C)(C(=O)O)C2Cc3ccccc3C2)Oc2cccc3ccccc23)[C@@H](O)[C@@]1(C)O. The number of ether oxygens (including phenoxy) is 2. The smallest absolute Gasteiger partial charge is 0.459 e. The average molecular weight is 831 g/mol. The number of anilines is 1. The van der Waals surface area contributed by atoms with E-state index in [-0.39, 0.29) is 28.7 Å². The molecule has 5 aromatic rings. The van der Waals surface area contributed by atoms with Crippen molar-refractivity contribution < 1.29 is 43.2 Å². The Balaban J connectivity index is 1.22. The molecule has 268 valence electrons. The van der Waals surface area contributed by atoms with Gasteiger partial charge in [0, 0.05) is 28.0 Å². The fourth-order valence-electron chi connectivity index (χ4n) is 6.86. The summed E-state index contributed by atoms with van der Waals surface area (Å²) >= 11 is 1.93. The monoisotopic (exact) mass is 830 g/mol. The number of aliphatic carboxylic acids is 1. The maximum absolute atomic E-state index is 15.0. The normalized spacial score (nSPS) is 24.3. The van der Waals surface area contributed by atoms with Crippen LogP contribution in [0.5, 0.6) is 11.6 Å². The zero-order chi connectivity index (χ0) is 36.3. The van der Waals surface area contributed by atoms with Crippen molar-refractivity contribution >= 4 is 64.2 Å². The molecular weight excluding hydrogens is 794 g/mol. The quantitative estimate of drug-likeness (QED) is 0.0716. The third-order valence-electron chi connectivity index (χ3n) is 9.72. The number of nitrogens with zero attached hydrogens (tertiary/aromatic N) is 4. The molecule has 2 aromatic heterocycles. The first-order valence-corrected chi connectivity index (χ1v) is 18.7. The van der Waals surface area contributed by atoms with E-state index in [0.717, 1.165) is 16.5 Å². The highest BCUT2D eigenvalue weighted by Gasteiger charge is 2.56. The lowest BCUT2D eigenvalue weighted by Crippen LogP contribution is -2.55.